The smallest absolute Gasteiger partial charge is 0.303 e. The van der Waals surface area contributed by atoms with Gasteiger partial charge >= 0.3 is 5.97 Å². The number of hydrogen-bond donors (Lipinski definition) is 1. The van der Waals surface area contributed by atoms with Gasteiger partial charge in [-0.2, -0.15) is 0 Å². The zero-order chi connectivity index (χ0) is 15.8. The molecule has 122 valence electrons. The Kier molecular flexibility index (Phi) is 6.72. The molecule has 0 amide bonds. The van der Waals surface area contributed by atoms with E-state index < -0.39 is 5.97 Å². The lowest BCUT2D eigenvalue weighted by molar-refractivity contribution is -0.137. The third-order valence-electron chi connectivity index (χ3n) is 4.16. The van der Waals surface area contributed by atoms with Gasteiger partial charge in [0.25, 0.3) is 0 Å². The fourth-order valence-electron chi connectivity index (χ4n) is 2.97. The van der Waals surface area contributed by atoms with Crippen molar-refractivity contribution in [1.82, 2.24) is 4.90 Å². The molecule has 2 rings (SSSR count). The first kappa shape index (κ1) is 16.8. The second-order valence-corrected chi connectivity index (χ2v) is 6.30. The van der Waals surface area contributed by atoms with Crippen LogP contribution in [-0.2, 0) is 11.2 Å². The highest BCUT2D eigenvalue weighted by Gasteiger charge is 2.10. The van der Waals surface area contributed by atoms with Gasteiger partial charge in [-0.25, -0.2) is 0 Å². The van der Waals surface area contributed by atoms with Crippen LogP contribution < -0.4 is 4.74 Å². The van der Waals surface area contributed by atoms with Crippen molar-refractivity contribution >= 4 is 5.97 Å². The van der Waals surface area contributed by atoms with Crippen molar-refractivity contribution in [2.45, 2.75) is 39.0 Å². The van der Waals surface area contributed by atoms with Gasteiger partial charge in [0.15, 0.2) is 0 Å². The van der Waals surface area contributed by atoms with E-state index in [2.05, 4.69) is 4.90 Å². The number of nitrogens with zero attached hydrogens (tertiary/aromatic N) is 1. The Morgan fingerprint density at radius 3 is 2.55 bits per heavy atom. The lowest BCUT2D eigenvalue weighted by Crippen LogP contribution is -2.33. The summed E-state index contributed by atoms with van der Waals surface area (Å²) in [6, 6.07) is 8.04. The van der Waals surface area contributed by atoms with Crippen LogP contribution in [0.25, 0.3) is 0 Å². The van der Waals surface area contributed by atoms with Crippen LogP contribution in [-0.4, -0.2) is 42.2 Å². The minimum atomic E-state index is -0.731. The van der Waals surface area contributed by atoms with Crippen LogP contribution in [0.2, 0.25) is 0 Å². The van der Waals surface area contributed by atoms with Gasteiger partial charge in [-0.05, 0) is 56.0 Å². The Labute approximate surface area is 133 Å². The Bertz CT molecular complexity index is 452. The molecular formula is C18H27NO3. The summed E-state index contributed by atoms with van der Waals surface area (Å²) in [5, 5.41) is 8.79. The number of aliphatic carboxylic acids is 1. The lowest BCUT2D eigenvalue weighted by atomic mass is 9.98. The zero-order valence-electron chi connectivity index (χ0n) is 13.5. The van der Waals surface area contributed by atoms with E-state index in [0.717, 1.165) is 30.9 Å². The summed E-state index contributed by atoms with van der Waals surface area (Å²) in [5.74, 6) is 0.320. The lowest BCUT2D eigenvalue weighted by Gasteiger charge is -2.26. The van der Waals surface area contributed by atoms with E-state index in [9.17, 15) is 4.79 Å². The van der Waals surface area contributed by atoms with Crippen molar-refractivity contribution in [1.29, 1.82) is 0 Å². The molecule has 1 unspecified atom stereocenters. The van der Waals surface area contributed by atoms with E-state index in [0.29, 0.717) is 0 Å². The molecule has 1 atom stereocenters. The van der Waals surface area contributed by atoms with E-state index in [1.54, 1.807) is 0 Å². The molecule has 0 radical (unpaired) electrons. The number of rotatable bonds is 8. The number of carboxylic acid groups (broad SMARTS) is 1. The van der Waals surface area contributed by atoms with Crippen LogP contribution >= 0.6 is 0 Å². The van der Waals surface area contributed by atoms with Gasteiger partial charge in [0.05, 0.1) is 0 Å². The van der Waals surface area contributed by atoms with E-state index in [1.807, 2.05) is 31.2 Å². The molecule has 1 aliphatic heterocycles. The van der Waals surface area contributed by atoms with Crippen LogP contribution in [0.3, 0.4) is 0 Å². The summed E-state index contributed by atoms with van der Waals surface area (Å²) in [6.45, 7) is 6.09. The van der Waals surface area contributed by atoms with Crippen molar-refractivity contribution in [3.8, 4) is 5.75 Å². The van der Waals surface area contributed by atoms with Crippen molar-refractivity contribution in [2.24, 2.45) is 5.92 Å². The number of carbonyl (C=O) groups is 1. The maximum atomic E-state index is 10.7. The molecule has 0 spiro atoms. The molecule has 1 fully saturated rings. The Hall–Kier alpha value is -1.55. The second kappa shape index (κ2) is 8.79. The van der Waals surface area contributed by atoms with E-state index in [4.69, 9.17) is 9.84 Å². The first-order chi connectivity index (χ1) is 10.6. The van der Waals surface area contributed by atoms with Gasteiger partial charge in [-0.15, -0.1) is 0 Å². The number of hydrogen-bond acceptors (Lipinski definition) is 3. The topological polar surface area (TPSA) is 49.8 Å². The number of piperidine rings is 1. The molecule has 1 heterocycles. The molecule has 1 N–H and O–H groups in total. The first-order valence-corrected chi connectivity index (χ1v) is 8.29. The molecule has 0 bridgehead atoms. The predicted molar refractivity (Wildman–Crippen MR) is 87.3 cm³/mol. The molecule has 0 saturated carbocycles. The van der Waals surface area contributed by atoms with Crippen LogP contribution in [0, 0.1) is 5.92 Å². The monoisotopic (exact) mass is 305 g/mol. The van der Waals surface area contributed by atoms with Gasteiger partial charge in [-0.3, -0.25) is 9.69 Å². The molecule has 0 aliphatic carbocycles. The first-order valence-electron chi connectivity index (χ1n) is 8.29. The van der Waals surface area contributed by atoms with Gasteiger partial charge in [0, 0.05) is 13.0 Å². The summed E-state index contributed by atoms with van der Waals surface area (Å²) in [6.07, 6.45) is 4.99. The molecule has 1 saturated heterocycles. The van der Waals surface area contributed by atoms with E-state index in [1.165, 1.54) is 32.4 Å². The Balaban J connectivity index is 1.70. The van der Waals surface area contributed by atoms with Crippen molar-refractivity contribution in [3.63, 3.8) is 0 Å². The molecule has 1 aromatic carbocycles. The quantitative estimate of drug-likeness (QED) is 0.801. The maximum Gasteiger partial charge on any atom is 0.303 e. The molecule has 4 nitrogen and oxygen atoms in total. The van der Waals surface area contributed by atoms with Gasteiger partial charge in [0.2, 0.25) is 0 Å². The SMILES string of the molecule is CC(CC(=O)O)Cc1ccc(OCCN2CCCCC2)cc1. The van der Waals surface area contributed by atoms with Crippen LogP contribution in [0.5, 0.6) is 5.75 Å². The number of benzene rings is 1. The molecular weight excluding hydrogens is 278 g/mol. The highest BCUT2D eigenvalue weighted by atomic mass is 16.5. The maximum absolute atomic E-state index is 10.7. The largest absolute Gasteiger partial charge is 0.492 e. The Morgan fingerprint density at radius 1 is 1.23 bits per heavy atom. The average molecular weight is 305 g/mol. The number of ether oxygens (including phenoxy) is 1. The van der Waals surface area contributed by atoms with Crippen LogP contribution in [0.1, 0.15) is 38.2 Å². The summed E-state index contributed by atoms with van der Waals surface area (Å²) in [7, 11) is 0. The van der Waals surface area contributed by atoms with E-state index >= 15 is 0 Å². The van der Waals surface area contributed by atoms with Gasteiger partial charge in [0.1, 0.15) is 12.4 Å². The van der Waals surface area contributed by atoms with E-state index in [-0.39, 0.29) is 12.3 Å². The normalized spacial score (nSPS) is 17.1. The summed E-state index contributed by atoms with van der Waals surface area (Å²) < 4.78 is 5.80. The fraction of sp³-hybridized carbons (Fsp3) is 0.611. The Morgan fingerprint density at radius 2 is 1.91 bits per heavy atom. The third-order valence-corrected chi connectivity index (χ3v) is 4.16. The van der Waals surface area contributed by atoms with Crippen molar-refractivity contribution in [3.05, 3.63) is 29.8 Å². The summed E-state index contributed by atoms with van der Waals surface area (Å²) >= 11 is 0. The summed E-state index contributed by atoms with van der Waals surface area (Å²) in [4.78, 5) is 13.1. The van der Waals surface area contributed by atoms with Crippen molar-refractivity contribution < 1.29 is 14.6 Å². The molecule has 1 aliphatic rings. The third kappa shape index (κ3) is 6.06. The van der Waals surface area contributed by atoms with Crippen LogP contribution in [0.4, 0.5) is 0 Å². The highest BCUT2D eigenvalue weighted by molar-refractivity contribution is 5.67. The predicted octanol–water partition coefficient (Wildman–Crippen LogP) is 3.20. The fourth-order valence-corrected chi connectivity index (χ4v) is 2.97. The van der Waals surface area contributed by atoms with Gasteiger partial charge in [-0.1, -0.05) is 25.5 Å². The number of likely N-dealkylation sites (tertiary alicyclic amines) is 1. The zero-order valence-corrected chi connectivity index (χ0v) is 13.5. The number of carboxylic acids is 1. The van der Waals surface area contributed by atoms with Crippen molar-refractivity contribution in [2.75, 3.05) is 26.2 Å². The standard InChI is InChI=1S/C18H27NO3/c1-15(14-18(20)21)13-16-5-7-17(8-6-16)22-12-11-19-9-3-2-4-10-19/h5-8,15H,2-4,9-14H2,1H3,(H,20,21). The molecule has 4 heteroatoms. The van der Waals surface area contributed by atoms with Gasteiger partial charge < -0.3 is 9.84 Å². The summed E-state index contributed by atoms with van der Waals surface area (Å²) in [5.41, 5.74) is 1.16. The average Bonchev–Trinajstić information content (AvgIpc) is 2.49. The molecule has 22 heavy (non-hydrogen) atoms. The minimum absolute atomic E-state index is 0.156. The highest BCUT2D eigenvalue weighted by Crippen LogP contribution is 2.17. The minimum Gasteiger partial charge on any atom is -0.492 e. The van der Waals surface area contributed by atoms with Crippen LogP contribution in [0.15, 0.2) is 24.3 Å². The molecule has 1 aromatic rings. The second-order valence-electron chi connectivity index (χ2n) is 6.30. The molecule has 0 aromatic heterocycles.